The normalized spacial score (nSPS) is 17.6. The molecule has 2 aliphatic carbocycles. The van der Waals surface area contributed by atoms with Crippen molar-refractivity contribution in [3.8, 4) is 0 Å². The van der Waals surface area contributed by atoms with Gasteiger partial charge in [-0.1, -0.05) is 31.4 Å². The van der Waals surface area contributed by atoms with Gasteiger partial charge in [-0.25, -0.2) is 0 Å². The molecule has 0 unspecified atom stereocenters. The van der Waals surface area contributed by atoms with Crippen LogP contribution in [-0.4, -0.2) is 12.8 Å². The molecule has 2 rings (SSSR count). The van der Waals surface area contributed by atoms with Crippen LogP contribution in [0.15, 0.2) is 59.7 Å². The van der Waals surface area contributed by atoms with Gasteiger partial charge in [0.2, 0.25) is 5.70 Å². The highest BCUT2D eigenvalue weighted by molar-refractivity contribution is 6.74. The van der Waals surface area contributed by atoms with Crippen molar-refractivity contribution < 1.29 is 0 Å². The first-order chi connectivity index (χ1) is 8.09. The van der Waals surface area contributed by atoms with E-state index in [1.807, 2.05) is 12.2 Å². The van der Waals surface area contributed by atoms with Crippen LogP contribution >= 0.6 is 0 Å². The van der Waals surface area contributed by atoms with Crippen molar-refractivity contribution in [1.29, 1.82) is 0 Å². The highest BCUT2D eigenvalue weighted by Gasteiger charge is 2.31. The van der Waals surface area contributed by atoms with E-state index in [0.717, 1.165) is 17.8 Å². The lowest BCUT2D eigenvalue weighted by molar-refractivity contribution is 0.669. The Balaban J connectivity index is 2.43. The predicted molar refractivity (Wildman–Crippen MR) is 75.6 cm³/mol. The summed E-state index contributed by atoms with van der Waals surface area (Å²) in [7, 11) is -1.48. The summed E-state index contributed by atoms with van der Waals surface area (Å²) in [4.78, 5) is 0. The molecular weight excluding hydrogens is 222 g/mol. The Morgan fingerprint density at radius 2 is 2.12 bits per heavy atom. The Bertz CT molecular complexity index is 478. The fraction of sp³-hybridized carbons (Fsp3) is 0.267. The minimum atomic E-state index is -1.48. The van der Waals surface area contributed by atoms with Gasteiger partial charge < -0.3 is 4.57 Å². The molecule has 0 saturated carbocycles. The summed E-state index contributed by atoms with van der Waals surface area (Å²) in [5, 5.41) is 0. The molecule has 1 nitrogen and oxygen atoms in total. The molecule has 0 aliphatic heterocycles. The van der Waals surface area contributed by atoms with Crippen LogP contribution in [-0.2, 0) is 0 Å². The van der Waals surface area contributed by atoms with Crippen LogP contribution in [0.2, 0.25) is 19.6 Å². The molecular formula is C15H18NSi+. The van der Waals surface area contributed by atoms with Crippen LogP contribution in [0.25, 0.3) is 0 Å². The van der Waals surface area contributed by atoms with Gasteiger partial charge >= 0.3 is 0 Å². The Labute approximate surface area is 105 Å². The second-order valence-corrected chi connectivity index (χ2v) is 9.91. The maximum atomic E-state index is 3.37. The van der Waals surface area contributed by atoms with Crippen LogP contribution in [0.4, 0.5) is 0 Å². The monoisotopic (exact) mass is 240 g/mol. The summed E-state index contributed by atoms with van der Waals surface area (Å²) in [6.45, 7) is 7.01. The van der Waals surface area contributed by atoms with Gasteiger partial charge in [-0.15, -0.1) is 0 Å². The molecule has 0 bridgehead atoms. The molecule has 0 radical (unpaired) electrons. The van der Waals surface area contributed by atoms with Gasteiger partial charge in [-0.3, -0.25) is 0 Å². The van der Waals surface area contributed by atoms with E-state index in [2.05, 4.69) is 66.4 Å². The first-order valence-electron chi connectivity index (χ1n) is 5.98. The van der Waals surface area contributed by atoms with E-state index < -0.39 is 8.24 Å². The summed E-state index contributed by atoms with van der Waals surface area (Å²) < 4.78 is 2.40. The van der Waals surface area contributed by atoms with E-state index in [4.69, 9.17) is 0 Å². The maximum absolute atomic E-state index is 3.37. The van der Waals surface area contributed by atoms with E-state index >= 15 is 0 Å². The second-order valence-electron chi connectivity index (χ2n) is 5.13. The van der Waals surface area contributed by atoms with Gasteiger partial charge in [0.05, 0.1) is 23.9 Å². The minimum absolute atomic E-state index is 0.988. The van der Waals surface area contributed by atoms with E-state index in [1.165, 1.54) is 0 Å². The topological polar surface area (TPSA) is 3.24 Å². The molecule has 0 aromatic rings. The quantitative estimate of drug-likeness (QED) is 0.410. The molecule has 0 atom stereocenters. The van der Waals surface area contributed by atoms with Gasteiger partial charge in [-0.2, -0.15) is 0 Å². The van der Waals surface area contributed by atoms with Crippen LogP contribution in [0, 0.1) is 6.08 Å². The summed E-state index contributed by atoms with van der Waals surface area (Å²) in [5.74, 6) is 0. The molecule has 0 amide bonds. The van der Waals surface area contributed by atoms with E-state index in [0.29, 0.717) is 0 Å². The van der Waals surface area contributed by atoms with Crippen LogP contribution in [0.1, 0.15) is 6.42 Å². The summed E-state index contributed by atoms with van der Waals surface area (Å²) in [6, 6.07) is 0. The third-order valence-corrected chi connectivity index (χ3v) is 4.45. The molecule has 0 N–H and O–H groups in total. The number of allylic oxidation sites excluding steroid dienone is 7. The van der Waals surface area contributed by atoms with Crippen molar-refractivity contribution in [1.82, 2.24) is 4.57 Å². The van der Waals surface area contributed by atoms with Gasteiger partial charge in [0, 0.05) is 6.08 Å². The zero-order valence-electron chi connectivity index (χ0n) is 10.7. The molecule has 0 aromatic carbocycles. The van der Waals surface area contributed by atoms with Gasteiger partial charge in [-0.05, 0) is 18.6 Å². The Hall–Kier alpha value is -1.59. The third kappa shape index (κ3) is 2.75. The third-order valence-electron chi connectivity index (χ3n) is 2.62. The minimum Gasteiger partial charge on any atom is -0.334 e. The van der Waals surface area contributed by atoms with E-state index in [-0.39, 0.29) is 0 Å². The van der Waals surface area contributed by atoms with Crippen molar-refractivity contribution in [2.45, 2.75) is 26.1 Å². The average Bonchev–Trinajstić information content (AvgIpc) is 2.30. The highest BCUT2D eigenvalue weighted by Crippen LogP contribution is 2.26. The van der Waals surface area contributed by atoms with Crippen LogP contribution < -0.4 is 0 Å². The molecule has 0 fully saturated rings. The molecule has 17 heavy (non-hydrogen) atoms. The number of hydrogen-bond donors (Lipinski definition) is 0. The standard InChI is InChI=1S/C15H18NSi/c1-17(2,3)16(14-10-6-4-7-11-14)15-12-8-5-9-13-15/h4,6-10,12H,5H2,1-3H3/q+1. The summed E-state index contributed by atoms with van der Waals surface area (Å²) in [6.07, 6.45) is 18.9. The first kappa shape index (κ1) is 11.9. The van der Waals surface area contributed by atoms with Crippen molar-refractivity contribution >= 4 is 8.24 Å². The fourth-order valence-electron chi connectivity index (χ4n) is 1.97. The lowest BCUT2D eigenvalue weighted by Gasteiger charge is -2.34. The highest BCUT2D eigenvalue weighted by atomic mass is 28.3. The van der Waals surface area contributed by atoms with Crippen molar-refractivity contribution in [3.63, 3.8) is 0 Å². The largest absolute Gasteiger partial charge is 0.334 e. The molecule has 0 saturated heterocycles. The SMILES string of the molecule is C[Si](C)(C)N(C1=C=CCC=C1)C1=CC=CC=[C+]1. The fourth-order valence-corrected chi connectivity index (χ4v) is 3.70. The van der Waals surface area contributed by atoms with Gasteiger partial charge in [0.25, 0.3) is 0 Å². The zero-order valence-corrected chi connectivity index (χ0v) is 11.7. The molecule has 0 heterocycles. The van der Waals surface area contributed by atoms with E-state index in [1.54, 1.807) is 0 Å². The smallest absolute Gasteiger partial charge is 0.202 e. The van der Waals surface area contributed by atoms with Gasteiger partial charge in [0.1, 0.15) is 6.08 Å². The van der Waals surface area contributed by atoms with Crippen molar-refractivity contribution in [2.75, 3.05) is 0 Å². The summed E-state index contributed by atoms with van der Waals surface area (Å²) in [5.41, 5.74) is 5.68. The predicted octanol–water partition coefficient (Wildman–Crippen LogP) is 3.94. The van der Waals surface area contributed by atoms with Crippen molar-refractivity contribution in [3.05, 3.63) is 65.7 Å². The zero-order chi connectivity index (χ0) is 12.3. The second kappa shape index (κ2) is 4.73. The average molecular weight is 240 g/mol. The molecule has 0 spiro atoms. The Morgan fingerprint density at radius 1 is 1.29 bits per heavy atom. The van der Waals surface area contributed by atoms with Gasteiger partial charge in [0.15, 0.2) is 8.24 Å². The van der Waals surface area contributed by atoms with E-state index in [9.17, 15) is 0 Å². The Kier molecular flexibility index (Phi) is 3.30. The number of hydrogen-bond acceptors (Lipinski definition) is 1. The number of rotatable bonds is 3. The van der Waals surface area contributed by atoms with Crippen LogP contribution in [0.5, 0.6) is 0 Å². The van der Waals surface area contributed by atoms with Crippen molar-refractivity contribution in [2.24, 2.45) is 0 Å². The van der Waals surface area contributed by atoms with Crippen LogP contribution in [0.3, 0.4) is 0 Å². The first-order valence-corrected chi connectivity index (χ1v) is 9.42. The number of nitrogens with zero attached hydrogens (tertiary/aromatic N) is 1. The lowest BCUT2D eigenvalue weighted by atomic mass is 10.2. The molecule has 2 aliphatic rings. The molecule has 2 heteroatoms. The maximum Gasteiger partial charge on any atom is 0.202 e. The summed E-state index contributed by atoms with van der Waals surface area (Å²) >= 11 is 0. The molecule has 86 valence electrons. The lowest BCUT2D eigenvalue weighted by Crippen LogP contribution is -2.44. The molecule has 0 aromatic heterocycles. The Morgan fingerprint density at radius 3 is 2.65 bits per heavy atom.